The van der Waals surface area contributed by atoms with E-state index in [2.05, 4.69) is 29.2 Å². The molecule has 8 heteroatoms. The number of hydrogen-bond donors (Lipinski definition) is 0. The fourth-order valence-corrected chi connectivity index (χ4v) is 4.54. The molecule has 3 aromatic carbocycles. The van der Waals surface area contributed by atoms with Gasteiger partial charge in [0.05, 0.1) is 30.7 Å². The van der Waals surface area contributed by atoms with E-state index >= 15 is 0 Å². The molecule has 4 rings (SSSR count). The Morgan fingerprint density at radius 2 is 1.51 bits per heavy atom. The topological polar surface area (TPSA) is 85.1 Å². The Morgan fingerprint density at radius 1 is 0.943 bits per heavy atom. The number of hydrogen-bond acceptors (Lipinski definition) is 6. The summed E-state index contributed by atoms with van der Waals surface area (Å²) in [7, 11) is 1.45. The van der Waals surface area contributed by atoms with E-state index in [-0.39, 0.29) is 28.9 Å². The molecule has 1 aliphatic heterocycles. The second-order valence-electron chi connectivity index (χ2n) is 8.26. The molecule has 3 aromatic rings. The lowest BCUT2D eigenvalue weighted by molar-refractivity contribution is -0.385. The largest absolute Gasteiger partial charge is 0.493 e. The molecule has 1 heterocycles. The van der Waals surface area contributed by atoms with Crippen molar-refractivity contribution in [3.05, 3.63) is 99.6 Å². The molecule has 35 heavy (non-hydrogen) atoms. The summed E-state index contributed by atoms with van der Waals surface area (Å²) in [6, 6.07) is 23.3. The van der Waals surface area contributed by atoms with Crippen LogP contribution >= 0.6 is 0 Å². The van der Waals surface area contributed by atoms with Crippen molar-refractivity contribution in [2.45, 2.75) is 13.0 Å². The predicted molar refractivity (Wildman–Crippen MR) is 133 cm³/mol. The second kappa shape index (κ2) is 11.0. The lowest BCUT2D eigenvalue weighted by Crippen LogP contribution is -2.50. The van der Waals surface area contributed by atoms with Crippen LogP contribution in [0.15, 0.2) is 72.8 Å². The third-order valence-electron chi connectivity index (χ3n) is 6.21. The van der Waals surface area contributed by atoms with Crippen LogP contribution in [0.2, 0.25) is 0 Å². The van der Waals surface area contributed by atoms with Gasteiger partial charge < -0.3 is 14.4 Å². The molecule has 1 fully saturated rings. The number of ether oxygens (including phenoxy) is 2. The minimum atomic E-state index is -0.549. The molecule has 0 spiro atoms. The maximum atomic E-state index is 13.4. The zero-order valence-electron chi connectivity index (χ0n) is 19.9. The van der Waals surface area contributed by atoms with E-state index in [9.17, 15) is 14.9 Å². The summed E-state index contributed by atoms with van der Waals surface area (Å²) in [6.07, 6.45) is 0. The maximum Gasteiger partial charge on any atom is 0.286 e. The molecule has 1 amide bonds. The van der Waals surface area contributed by atoms with Gasteiger partial charge in [0.1, 0.15) is 5.56 Å². The molecule has 0 N–H and O–H groups in total. The summed E-state index contributed by atoms with van der Waals surface area (Å²) in [6.45, 7) is 4.31. The molecule has 0 bridgehead atoms. The minimum Gasteiger partial charge on any atom is -0.493 e. The van der Waals surface area contributed by atoms with Crippen molar-refractivity contribution < 1.29 is 19.2 Å². The highest BCUT2D eigenvalue weighted by Crippen LogP contribution is 2.36. The molecule has 0 unspecified atom stereocenters. The normalized spacial score (nSPS) is 14.1. The molecular weight excluding hydrogens is 446 g/mol. The Hall–Kier alpha value is -3.91. The van der Waals surface area contributed by atoms with Crippen LogP contribution in [0.3, 0.4) is 0 Å². The second-order valence-corrected chi connectivity index (χ2v) is 8.26. The van der Waals surface area contributed by atoms with Crippen molar-refractivity contribution in [2.75, 3.05) is 39.9 Å². The average molecular weight is 476 g/mol. The van der Waals surface area contributed by atoms with Crippen LogP contribution in [0.5, 0.6) is 11.5 Å². The van der Waals surface area contributed by atoms with Crippen LogP contribution in [0.25, 0.3) is 0 Å². The number of rotatable bonds is 8. The van der Waals surface area contributed by atoms with Gasteiger partial charge >= 0.3 is 0 Å². The van der Waals surface area contributed by atoms with Crippen LogP contribution in [-0.4, -0.2) is 60.5 Å². The number of nitro benzene ring substituents is 1. The van der Waals surface area contributed by atoms with Gasteiger partial charge in [0, 0.05) is 32.2 Å². The molecular formula is C27H29N3O5. The highest BCUT2D eigenvalue weighted by Gasteiger charge is 2.32. The molecule has 0 saturated carbocycles. The zero-order valence-corrected chi connectivity index (χ0v) is 19.9. The summed E-state index contributed by atoms with van der Waals surface area (Å²) in [5.74, 6) is 0.165. The highest BCUT2D eigenvalue weighted by molar-refractivity contribution is 5.99. The van der Waals surface area contributed by atoms with Crippen molar-refractivity contribution in [3.8, 4) is 11.5 Å². The Morgan fingerprint density at radius 3 is 2.00 bits per heavy atom. The van der Waals surface area contributed by atoms with Gasteiger partial charge in [0.25, 0.3) is 11.6 Å². The summed E-state index contributed by atoms with van der Waals surface area (Å²) in [4.78, 5) is 28.6. The maximum absolute atomic E-state index is 13.4. The van der Waals surface area contributed by atoms with E-state index in [0.29, 0.717) is 38.5 Å². The van der Waals surface area contributed by atoms with E-state index in [4.69, 9.17) is 9.47 Å². The Balaban J connectivity index is 1.56. The summed E-state index contributed by atoms with van der Waals surface area (Å²) < 4.78 is 10.8. The fraction of sp³-hybridized carbons (Fsp3) is 0.296. The number of nitro groups is 1. The molecule has 0 atom stereocenters. The van der Waals surface area contributed by atoms with Gasteiger partial charge in [-0.15, -0.1) is 0 Å². The number of amides is 1. The molecule has 0 aliphatic carbocycles. The smallest absolute Gasteiger partial charge is 0.286 e. The van der Waals surface area contributed by atoms with Gasteiger partial charge in [0.15, 0.2) is 11.5 Å². The standard InChI is InChI=1S/C27H29N3O5/c1-3-35-25-19-23(30(32)33)22(18-24(25)34-2)27(31)29-16-14-28(15-17-29)26(20-10-6-4-7-11-20)21-12-8-5-9-13-21/h4-13,18-19,26H,3,14-17H2,1-2H3. The first-order chi connectivity index (χ1) is 17.0. The van der Waals surface area contributed by atoms with E-state index < -0.39 is 4.92 Å². The van der Waals surface area contributed by atoms with Gasteiger partial charge in [-0.25, -0.2) is 0 Å². The molecule has 1 aliphatic rings. The fourth-order valence-electron chi connectivity index (χ4n) is 4.54. The number of carbonyl (C=O) groups excluding carboxylic acids is 1. The Kier molecular flexibility index (Phi) is 7.62. The molecule has 8 nitrogen and oxygen atoms in total. The average Bonchev–Trinajstić information content (AvgIpc) is 2.90. The van der Waals surface area contributed by atoms with Gasteiger partial charge in [-0.3, -0.25) is 19.8 Å². The van der Waals surface area contributed by atoms with Gasteiger partial charge in [-0.2, -0.15) is 0 Å². The number of nitrogens with zero attached hydrogens (tertiary/aromatic N) is 3. The van der Waals surface area contributed by atoms with Crippen molar-refractivity contribution in [1.29, 1.82) is 0 Å². The van der Waals surface area contributed by atoms with Crippen LogP contribution < -0.4 is 9.47 Å². The summed E-state index contributed by atoms with van der Waals surface area (Å²) in [5, 5.41) is 11.8. The SMILES string of the molecule is CCOc1cc([N+](=O)[O-])c(C(=O)N2CCN(C(c3ccccc3)c3ccccc3)CC2)cc1OC. The molecule has 1 saturated heterocycles. The van der Waals surface area contributed by atoms with Crippen molar-refractivity contribution in [2.24, 2.45) is 0 Å². The van der Waals surface area contributed by atoms with Crippen molar-refractivity contribution in [3.63, 3.8) is 0 Å². The van der Waals surface area contributed by atoms with E-state index in [1.807, 2.05) is 36.4 Å². The van der Waals surface area contributed by atoms with Crippen molar-refractivity contribution in [1.82, 2.24) is 9.80 Å². The van der Waals surface area contributed by atoms with Gasteiger partial charge in [-0.05, 0) is 18.1 Å². The Labute approximate surface area is 204 Å². The Bertz CT molecular complexity index is 1120. The molecule has 0 aromatic heterocycles. The predicted octanol–water partition coefficient (Wildman–Crippen LogP) is 4.55. The molecule has 182 valence electrons. The lowest BCUT2D eigenvalue weighted by atomic mass is 9.96. The number of carbonyl (C=O) groups is 1. The minimum absolute atomic E-state index is 0.00595. The lowest BCUT2D eigenvalue weighted by Gasteiger charge is -2.39. The highest BCUT2D eigenvalue weighted by atomic mass is 16.6. The zero-order chi connectivity index (χ0) is 24.8. The third-order valence-corrected chi connectivity index (χ3v) is 6.21. The summed E-state index contributed by atoms with van der Waals surface area (Å²) >= 11 is 0. The first kappa shape index (κ1) is 24.2. The first-order valence-corrected chi connectivity index (χ1v) is 11.7. The van der Waals surface area contributed by atoms with Crippen molar-refractivity contribution >= 4 is 11.6 Å². The number of benzene rings is 3. The third kappa shape index (κ3) is 5.27. The van der Waals surface area contributed by atoms with E-state index in [0.717, 1.165) is 0 Å². The molecule has 0 radical (unpaired) electrons. The van der Waals surface area contributed by atoms with Crippen LogP contribution in [0.4, 0.5) is 5.69 Å². The van der Waals surface area contributed by atoms with Gasteiger partial charge in [-0.1, -0.05) is 60.7 Å². The quantitative estimate of drug-likeness (QED) is 0.351. The van der Waals surface area contributed by atoms with Crippen LogP contribution in [-0.2, 0) is 0 Å². The first-order valence-electron chi connectivity index (χ1n) is 11.7. The van der Waals surface area contributed by atoms with E-state index in [1.54, 1.807) is 11.8 Å². The number of methoxy groups -OCH3 is 1. The van der Waals surface area contributed by atoms with Gasteiger partial charge in [0.2, 0.25) is 0 Å². The van der Waals surface area contributed by atoms with E-state index in [1.165, 1.54) is 30.4 Å². The van der Waals surface area contributed by atoms with Crippen LogP contribution in [0.1, 0.15) is 34.5 Å². The number of piperazine rings is 1. The van der Waals surface area contributed by atoms with Crippen LogP contribution in [0, 0.1) is 10.1 Å². The monoisotopic (exact) mass is 475 g/mol. The summed E-state index contributed by atoms with van der Waals surface area (Å²) in [5.41, 5.74) is 2.09.